The molecule has 1 aromatic heterocycles. The second-order valence-electron chi connectivity index (χ2n) is 3.51. The van der Waals surface area contributed by atoms with Gasteiger partial charge in [0, 0.05) is 6.54 Å². The zero-order valence-electron chi connectivity index (χ0n) is 8.16. The van der Waals surface area contributed by atoms with Crippen LogP contribution in [0.2, 0.25) is 0 Å². The Balaban J connectivity index is 2.12. The van der Waals surface area contributed by atoms with Gasteiger partial charge < -0.3 is 10.4 Å². The molecule has 0 atom stereocenters. The number of hydrogen-bond acceptors (Lipinski definition) is 4. The molecule has 0 saturated carbocycles. The van der Waals surface area contributed by atoms with Crippen LogP contribution < -0.4 is 5.32 Å². The van der Waals surface area contributed by atoms with Crippen molar-refractivity contribution in [2.45, 2.75) is 25.7 Å². The minimum Gasteiger partial charge on any atom is -0.395 e. The largest absolute Gasteiger partial charge is 0.395 e. The van der Waals surface area contributed by atoms with E-state index < -0.39 is 0 Å². The van der Waals surface area contributed by atoms with Gasteiger partial charge >= 0.3 is 0 Å². The highest BCUT2D eigenvalue weighted by atomic mass is 16.3. The van der Waals surface area contributed by atoms with E-state index in [0.29, 0.717) is 6.54 Å². The molecule has 2 N–H and O–H groups in total. The number of nitrogens with one attached hydrogen (secondary N) is 1. The van der Waals surface area contributed by atoms with E-state index in [9.17, 15) is 0 Å². The van der Waals surface area contributed by atoms with Gasteiger partial charge in [-0.05, 0) is 25.7 Å². The number of fused-ring (bicyclic) bond motifs is 1. The van der Waals surface area contributed by atoms with E-state index in [1.165, 1.54) is 12.8 Å². The third-order valence-electron chi connectivity index (χ3n) is 2.43. The predicted molar refractivity (Wildman–Crippen MR) is 54.2 cm³/mol. The first kappa shape index (κ1) is 9.40. The Labute approximate surface area is 83.4 Å². The van der Waals surface area contributed by atoms with E-state index in [1.54, 1.807) is 6.20 Å². The standard InChI is InChI=1S/C10H15N3O/c14-6-5-11-10-7-12-8-3-1-2-4-9(8)13-10/h7,14H,1-6H2,(H,11,13). The minimum atomic E-state index is 0.124. The Morgan fingerprint density at radius 2 is 2.07 bits per heavy atom. The maximum absolute atomic E-state index is 8.66. The Morgan fingerprint density at radius 1 is 1.29 bits per heavy atom. The molecule has 4 heteroatoms. The lowest BCUT2D eigenvalue weighted by molar-refractivity contribution is 0.311. The number of anilines is 1. The van der Waals surface area contributed by atoms with Crippen LogP contribution in [0.3, 0.4) is 0 Å². The quantitative estimate of drug-likeness (QED) is 0.744. The fourth-order valence-electron chi connectivity index (χ4n) is 1.72. The lowest BCUT2D eigenvalue weighted by Gasteiger charge is -2.14. The minimum absolute atomic E-state index is 0.124. The van der Waals surface area contributed by atoms with Crippen LogP contribution in [0.25, 0.3) is 0 Å². The zero-order chi connectivity index (χ0) is 9.80. The molecule has 2 rings (SSSR count). The molecule has 0 unspecified atom stereocenters. The van der Waals surface area contributed by atoms with Crippen molar-refractivity contribution in [3.8, 4) is 0 Å². The van der Waals surface area contributed by atoms with E-state index >= 15 is 0 Å². The van der Waals surface area contributed by atoms with Gasteiger partial charge in [-0.25, -0.2) is 4.98 Å². The fraction of sp³-hybridized carbons (Fsp3) is 0.600. The molecule has 1 aromatic rings. The molecular formula is C10H15N3O. The molecule has 4 nitrogen and oxygen atoms in total. The molecule has 0 aliphatic heterocycles. The van der Waals surface area contributed by atoms with Crippen LogP contribution in [0.1, 0.15) is 24.2 Å². The predicted octanol–water partition coefficient (Wildman–Crippen LogP) is 0.760. The molecule has 0 spiro atoms. The molecule has 0 bridgehead atoms. The summed E-state index contributed by atoms with van der Waals surface area (Å²) in [7, 11) is 0. The molecule has 0 saturated heterocycles. The van der Waals surface area contributed by atoms with Gasteiger partial charge in [0.15, 0.2) is 0 Å². The first-order chi connectivity index (χ1) is 6.90. The number of aryl methyl sites for hydroxylation is 2. The summed E-state index contributed by atoms with van der Waals surface area (Å²) in [6.45, 7) is 0.659. The lowest BCUT2D eigenvalue weighted by atomic mass is 10.0. The first-order valence-electron chi connectivity index (χ1n) is 5.09. The highest BCUT2D eigenvalue weighted by Crippen LogP contribution is 2.18. The van der Waals surface area contributed by atoms with Crippen molar-refractivity contribution in [1.82, 2.24) is 9.97 Å². The maximum Gasteiger partial charge on any atom is 0.144 e. The average molecular weight is 193 g/mol. The average Bonchev–Trinajstić information content (AvgIpc) is 2.26. The van der Waals surface area contributed by atoms with Crippen molar-refractivity contribution in [3.63, 3.8) is 0 Å². The molecular weight excluding hydrogens is 178 g/mol. The van der Waals surface area contributed by atoms with E-state index in [0.717, 1.165) is 30.0 Å². The van der Waals surface area contributed by atoms with E-state index in [2.05, 4.69) is 15.3 Å². The van der Waals surface area contributed by atoms with Crippen molar-refractivity contribution >= 4 is 5.82 Å². The molecule has 1 heterocycles. The van der Waals surface area contributed by atoms with Gasteiger partial charge in [0.2, 0.25) is 0 Å². The highest BCUT2D eigenvalue weighted by Gasteiger charge is 2.11. The molecule has 14 heavy (non-hydrogen) atoms. The summed E-state index contributed by atoms with van der Waals surface area (Å²) in [6.07, 6.45) is 6.29. The van der Waals surface area contributed by atoms with E-state index in [1.807, 2.05) is 0 Å². The molecule has 0 aromatic carbocycles. The Bertz CT molecular complexity index is 314. The van der Waals surface area contributed by atoms with Crippen molar-refractivity contribution in [2.75, 3.05) is 18.5 Å². The number of aliphatic hydroxyl groups excluding tert-OH is 1. The number of hydrogen-bond donors (Lipinski definition) is 2. The van der Waals surface area contributed by atoms with Crippen molar-refractivity contribution in [2.24, 2.45) is 0 Å². The van der Waals surface area contributed by atoms with Crippen LogP contribution in [-0.2, 0) is 12.8 Å². The van der Waals surface area contributed by atoms with Gasteiger partial charge in [0.05, 0.1) is 24.2 Å². The normalized spacial score (nSPS) is 14.9. The second kappa shape index (κ2) is 4.37. The monoisotopic (exact) mass is 193 g/mol. The first-order valence-corrected chi connectivity index (χ1v) is 5.09. The number of aliphatic hydroxyl groups is 1. The van der Waals surface area contributed by atoms with Gasteiger partial charge in [-0.1, -0.05) is 0 Å². The number of rotatable bonds is 3. The van der Waals surface area contributed by atoms with Crippen LogP contribution >= 0.6 is 0 Å². The summed E-state index contributed by atoms with van der Waals surface area (Å²) in [5.41, 5.74) is 2.27. The van der Waals surface area contributed by atoms with Crippen LogP contribution in [0.15, 0.2) is 6.20 Å². The van der Waals surface area contributed by atoms with Crippen LogP contribution in [0, 0.1) is 0 Å². The van der Waals surface area contributed by atoms with Gasteiger partial charge in [0.1, 0.15) is 5.82 Å². The number of nitrogens with zero attached hydrogens (tertiary/aromatic N) is 2. The lowest BCUT2D eigenvalue weighted by Crippen LogP contribution is -2.12. The highest BCUT2D eigenvalue weighted by molar-refractivity contribution is 5.34. The van der Waals surface area contributed by atoms with Gasteiger partial charge in [0.25, 0.3) is 0 Å². The summed E-state index contributed by atoms with van der Waals surface area (Å²) < 4.78 is 0. The van der Waals surface area contributed by atoms with Crippen LogP contribution in [0.5, 0.6) is 0 Å². The summed E-state index contributed by atoms with van der Waals surface area (Å²) in [5.74, 6) is 0.778. The summed E-state index contributed by atoms with van der Waals surface area (Å²) >= 11 is 0. The smallest absolute Gasteiger partial charge is 0.144 e. The van der Waals surface area contributed by atoms with Gasteiger partial charge in [-0.15, -0.1) is 0 Å². The van der Waals surface area contributed by atoms with Crippen molar-refractivity contribution < 1.29 is 5.11 Å². The molecule has 0 amide bonds. The molecule has 1 aliphatic rings. The molecule has 1 aliphatic carbocycles. The third kappa shape index (κ3) is 2.01. The Hall–Kier alpha value is -1.16. The Kier molecular flexibility index (Phi) is 2.93. The van der Waals surface area contributed by atoms with Crippen LogP contribution in [-0.4, -0.2) is 28.2 Å². The molecule has 0 fully saturated rings. The maximum atomic E-state index is 8.66. The zero-order valence-corrected chi connectivity index (χ0v) is 8.16. The van der Waals surface area contributed by atoms with Crippen LogP contribution in [0.4, 0.5) is 5.82 Å². The second-order valence-corrected chi connectivity index (χ2v) is 3.51. The Morgan fingerprint density at radius 3 is 2.86 bits per heavy atom. The van der Waals surface area contributed by atoms with Crippen molar-refractivity contribution in [1.29, 1.82) is 0 Å². The molecule has 0 radical (unpaired) electrons. The third-order valence-corrected chi connectivity index (χ3v) is 2.43. The van der Waals surface area contributed by atoms with E-state index in [4.69, 9.17) is 5.11 Å². The van der Waals surface area contributed by atoms with Gasteiger partial charge in [-0.2, -0.15) is 0 Å². The van der Waals surface area contributed by atoms with Crippen molar-refractivity contribution in [3.05, 3.63) is 17.6 Å². The fourth-order valence-corrected chi connectivity index (χ4v) is 1.72. The van der Waals surface area contributed by atoms with E-state index in [-0.39, 0.29) is 6.61 Å². The summed E-state index contributed by atoms with van der Waals surface area (Å²) in [6, 6.07) is 0. The summed E-state index contributed by atoms with van der Waals surface area (Å²) in [5, 5.41) is 11.7. The molecule has 76 valence electrons. The van der Waals surface area contributed by atoms with Gasteiger partial charge in [-0.3, -0.25) is 4.98 Å². The number of aromatic nitrogens is 2. The topological polar surface area (TPSA) is 58.0 Å². The SMILES string of the molecule is OCCNc1cnc2c(n1)CCCC2. The summed E-state index contributed by atoms with van der Waals surface area (Å²) in [4.78, 5) is 8.83.